The molecule has 3 N–H and O–H groups in total. The Hall–Kier alpha value is -1.56. The van der Waals surface area contributed by atoms with E-state index in [1.165, 1.54) is 0 Å². The topological polar surface area (TPSA) is 82.7 Å². The number of aliphatic hydroxyl groups excluding tert-OH is 1. The molecule has 1 fully saturated rings. The van der Waals surface area contributed by atoms with Crippen molar-refractivity contribution in [1.82, 2.24) is 15.8 Å². The van der Waals surface area contributed by atoms with Gasteiger partial charge in [0.15, 0.2) is 11.7 Å². The molecule has 0 spiro atoms. The number of hydrogen-bond donors (Lipinski definition) is 3. The van der Waals surface area contributed by atoms with E-state index in [-0.39, 0.29) is 6.10 Å². The predicted octanol–water partition coefficient (Wildman–Crippen LogP) is 2.79. The lowest BCUT2D eigenvalue weighted by Crippen LogP contribution is -2.41. The highest BCUT2D eigenvalue weighted by Gasteiger charge is 2.25. The summed E-state index contributed by atoms with van der Waals surface area (Å²) < 4.78 is 5.42. The minimum atomic E-state index is -0.183. The lowest BCUT2D eigenvalue weighted by molar-refractivity contribution is 0.134. The standard InChI is InChI=1S/C18H32N4O2/c1-4-13(5-2)16-10-15(24-22-16)12-21-18(19-6-3)20-11-14-8-7-9-17(14)23/h10,13-14,17,23H,4-9,11-12H2,1-3H3,(H2,19,20,21). The van der Waals surface area contributed by atoms with Crippen molar-refractivity contribution in [3.8, 4) is 0 Å². The average Bonchev–Trinajstić information content (AvgIpc) is 3.21. The second kappa shape index (κ2) is 9.67. The van der Waals surface area contributed by atoms with E-state index in [0.717, 1.165) is 62.6 Å². The Balaban J connectivity index is 1.90. The summed E-state index contributed by atoms with van der Waals surface area (Å²) in [7, 11) is 0. The van der Waals surface area contributed by atoms with E-state index < -0.39 is 0 Å². The van der Waals surface area contributed by atoms with Gasteiger partial charge in [-0.15, -0.1) is 0 Å². The van der Waals surface area contributed by atoms with Crippen molar-refractivity contribution in [2.24, 2.45) is 10.9 Å². The van der Waals surface area contributed by atoms with E-state index in [1.54, 1.807) is 0 Å². The Morgan fingerprint density at radius 3 is 2.75 bits per heavy atom. The maximum atomic E-state index is 9.92. The summed E-state index contributed by atoms with van der Waals surface area (Å²) in [5, 5.41) is 20.7. The molecule has 0 amide bonds. The molecular formula is C18H32N4O2. The first-order valence-electron chi connectivity index (χ1n) is 9.33. The van der Waals surface area contributed by atoms with Crippen LogP contribution in [-0.2, 0) is 6.54 Å². The van der Waals surface area contributed by atoms with Crippen molar-refractivity contribution < 1.29 is 9.63 Å². The van der Waals surface area contributed by atoms with Crippen LogP contribution in [0.5, 0.6) is 0 Å². The van der Waals surface area contributed by atoms with Crippen LogP contribution in [0.15, 0.2) is 15.6 Å². The van der Waals surface area contributed by atoms with Gasteiger partial charge in [0.25, 0.3) is 0 Å². The first-order valence-corrected chi connectivity index (χ1v) is 9.33. The SMILES string of the molecule is CCNC(=NCc1cc(C(CC)CC)no1)NCC1CCCC1O. The summed E-state index contributed by atoms with van der Waals surface area (Å²) in [6.07, 6.45) is 5.06. The highest BCUT2D eigenvalue weighted by Crippen LogP contribution is 2.24. The number of aliphatic hydroxyl groups is 1. The maximum Gasteiger partial charge on any atom is 0.191 e. The number of aromatic nitrogens is 1. The van der Waals surface area contributed by atoms with Crippen molar-refractivity contribution in [3.05, 3.63) is 17.5 Å². The van der Waals surface area contributed by atoms with Crippen LogP contribution < -0.4 is 10.6 Å². The molecule has 2 rings (SSSR count). The second-order valence-corrected chi connectivity index (χ2v) is 6.57. The molecule has 6 nitrogen and oxygen atoms in total. The molecule has 0 bridgehead atoms. The molecular weight excluding hydrogens is 304 g/mol. The molecule has 1 aliphatic rings. The van der Waals surface area contributed by atoms with Gasteiger partial charge in [0, 0.05) is 31.0 Å². The maximum absolute atomic E-state index is 9.92. The molecule has 0 aliphatic heterocycles. The Labute approximate surface area is 145 Å². The summed E-state index contributed by atoms with van der Waals surface area (Å²) in [5.41, 5.74) is 1.03. The van der Waals surface area contributed by atoms with Crippen molar-refractivity contribution in [1.29, 1.82) is 0 Å². The third-order valence-corrected chi connectivity index (χ3v) is 4.87. The zero-order valence-electron chi connectivity index (χ0n) is 15.2. The van der Waals surface area contributed by atoms with E-state index in [9.17, 15) is 5.11 Å². The molecule has 24 heavy (non-hydrogen) atoms. The first-order chi connectivity index (χ1) is 11.7. The van der Waals surface area contributed by atoms with E-state index in [4.69, 9.17) is 4.52 Å². The minimum absolute atomic E-state index is 0.183. The van der Waals surface area contributed by atoms with Gasteiger partial charge < -0.3 is 20.3 Å². The lowest BCUT2D eigenvalue weighted by Gasteiger charge is -2.17. The van der Waals surface area contributed by atoms with Crippen LogP contribution in [0.25, 0.3) is 0 Å². The highest BCUT2D eigenvalue weighted by atomic mass is 16.5. The molecule has 1 aromatic heterocycles. The number of hydrogen-bond acceptors (Lipinski definition) is 4. The second-order valence-electron chi connectivity index (χ2n) is 6.57. The van der Waals surface area contributed by atoms with E-state index >= 15 is 0 Å². The van der Waals surface area contributed by atoms with E-state index in [1.807, 2.05) is 13.0 Å². The van der Waals surface area contributed by atoms with Gasteiger partial charge >= 0.3 is 0 Å². The molecule has 1 aliphatic carbocycles. The molecule has 0 saturated heterocycles. The van der Waals surface area contributed by atoms with Crippen molar-refractivity contribution >= 4 is 5.96 Å². The number of aliphatic imine (C=N–C) groups is 1. The van der Waals surface area contributed by atoms with Crippen molar-refractivity contribution in [2.45, 2.75) is 71.4 Å². The van der Waals surface area contributed by atoms with Gasteiger partial charge in [-0.1, -0.05) is 25.4 Å². The fraction of sp³-hybridized carbons (Fsp3) is 0.778. The third kappa shape index (κ3) is 5.23. The minimum Gasteiger partial charge on any atom is -0.393 e. The van der Waals surface area contributed by atoms with E-state index in [2.05, 4.69) is 34.6 Å². The normalized spacial score (nSPS) is 21.5. The number of rotatable bonds is 8. The summed E-state index contributed by atoms with van der Waals surface area (Å²) in [5.74, 6) is 2.33. The Morgan fingerprint density at radius 1 is 1.33 bits per heavy atom. The molecule has 1 heterocycles. The molecule has 136 valence electrons. The zero-order chi connectivity index (χ0) is 17.4. The summed E-state index contributed by atoms with van der Waals surface area (Å²) in [6, 6.07) is 2.02. The van der Waals surface area contributed by atoms with Gasteiger partial charge in [-0.25, -0.2) is 4.99 Å². The van der Waals surface area contributed by atoms with Crippen LogP contribution in [0.2, 0.25) is 0 Å². The average molecular weight is 336 g/mol. The van der Waals surface area contributed by atoms with Gasteiger partial charge in [0.05, 0.1) is 11.8 Å². The van der Waals surface area contributed by atoms with Crippen LogP contribution in [0, 0.1) is 5.92 Å². The number of nitrogens with one attached hydrogen (secondary N) is 2. The fourth-order valence-electron chi connectivity index (χ4n) is 3.28. The molecule has 2 atom stereocenters. The quantitative estimate of drug-likeness (QED) is 0.502. The molecule has 0 radical (unpaired) electrons. The Bertz CT molecular complexity index is 511. The lowest BCUT2D eigenvalue weighted by atomic mass is 9.99. The Morgan fingerprint density at radius 2 is 2.12 bits per heavy atom. The summed E-state index contributed by atoms with van der Waals surface area (Å²) >= 11 is 0. The van der Waals surface area contributed by atoms with Crippen LogP contribution in [0.1, 0.15) is 70.2 Å². The predicted molar refractivity (Wildman–Crippen MR) is 96.0 cm³/mol. The molecule has 6 heteroatoms. The van der Waals surface area contributed by atoms with Gasteiger partial charge in [0.1, 0.15) is 6.54 Å². The van der Waals surface area contributed by atoms with E-state index in [0.29, 0.717) is 18.4 Å². The molecule has 0 aromatic carbocycles. The molecule has 1 saturated carbocycles. The highest BCUT2D eigenvalue weighted by molar-refractivity contribution is 5.79. The van der Waals surface area contributed by atoms with Crippen LogP contribution in [0.3, 0.4) is 0 Å². The monoisotopic (exact) mass is 336 g/mol. The van der Waals surface area contributed by atoms with Gasteiger partial charge in [-0.3, -0.25) is 0 Å². The smallest absolute Gasteiger partial charge is 0.191 e. The van der Waals surface area contributed by atoms with Crippen LogP contribution in [0.4, 0.5) is 0 Å². The van der Waals surface area contributed by atoms with Crippen molar-refractivity contribution in [3.63, 3.8) is 0 Å². The summed E-state index contributed by atoms with van der Waals surface area (Å²) in [6.45, 7) is 8.41. The Kier molecular flexibility index (Phi) is 7.56. The van der Waals surface area contributed by atoms with Gasteiger partial charge in [-0.05, 0) is 32.6 Å². The third-order valence-electron chi connectivity index (χ3n) is 4.87. The largest absolute Gasteiger partial charge is 0.393 e. The number of guanidine groups is 1. The zero-order valence-corrected chi connectivity index (χ0v) is 15.2. The van der Waals surface area contributed by atoms with Gasteiger partial charge in [0.2, 0.25) is 0 Å². The van der Waals surface area contributed by atoms with Crippen LogP contribution >= 0.6 is 0 Å². The first kappa shape index (κ1) is 18.8. The fourth-order valence-corrected chi connectivity index (χ4v) is 3.28. The molecule has 2 unspecified atom stereocenters. The van der Waals surface area contributed by atoms with Gasteiger partial charge in [-0.2, -0.15) is 0 Å². The number of nitrogens with zero attached hydrogens (tertiary/aromatic N) is 2. The van der Waals surface area contributed by atoms with Crippen molar-refractivity contribution in [2.75, 3.05) is 13.1 Å². The van der Waals surface area contributed by atoms with Crippen LogP contribution in [-0.4, -0.2) is 35.4 Å². The summed E-state index contributed by atoms with van der Waals surface area (Å²) in [4.78, 5) is 4.57. The molecule has 1 aromatic rings.